The molecule has 0 amide bonds. The Morgan fingerprint density at radius 1 is 1.17 bits per heavy atom. The fraction of sp³-hybridized carbons (Fsp3) is 0.474. The van der Waals surface area contributed by atoms with Crippen LogP contribution in [0.4, 0.5) is 0 Å². The maximum absolute atomic E-state index is 11.2. The topological polar surface area (TPSA) is 63.6 Å². The highest BCUT2D eigenvalue weighted by Gasteiger charge is 2.14. The van der Waals surface area contributed by atoms with Gasteiger partial charge in [-0.25, -0.2) is 9.59 Å². The molecule has 0 aromatic rings. The second kappa shape index (κ2) is 10.6. The molecule has 4 nitrogen and oxygen atoms in total. The Morgan fingerprint density at radius 2 is 1.91 bits per heavy atom. The Balaban J connectivity index is 2.26. The Morgan fingerprint density at radius 3 is 2.52 bits per heavy atom. The lowest BCUT2D eigenvalue weighted by atomic mass is 10.1. The Kier molecular flexibility index (Phi) is 8.73. The monoisotopic (exact) mass is 318 g/mol. The molecule has 0 aliphatic carbocycles. The molecule has 1 heterocycles. The zero-order valence-corrected chi connectivity index (χ0v) is 14.0. The van der Waals surface area contributed by atoms with Crippen molar-refractivity contribution in [2.45, 2.75) is 52.4 Å². The van der Waals surface area contributed by atoms with Crippen molar-refractivity contribution in [1.82, 2.24) is 0 Å². The summed E-state index contributed by atoms with van der Waals surface area (Å²) in [4.78, 5) is 22.4. The summed E-state index contributed by atoms with van der Waals surface area (Å²) in [6.07, 6.45) is 14.1. The van der Waals surface area contributed by atoms with E-state index in [1.165, 1.54) is 5.57 Å². The molecule has 0 saturated carbocycles. The minimum absolute atomic E-state index is 0.205. The molecule has 0 radical (unpaired) electrons. The number of allylic oxidation sites excluding steroid dienone is 5. The second-order valence-corrected chi connectivity index (χ2v) is 5.77. The number of cyclic esters (lactones) is 1. The van der Waals surface area contributed by atoms with Crippen molar-refractivity contribution < 1.29 is 19.4 Å². The average molecular weight is 318 g/mol. The van der Waals surface area contributed by atoms with Crippen LogP contribution in [0.2, 0.25) is 0 Å². The van der Waals surface area contributed by atoms with Gasteiger partial charge < -0.3 is 9.84 Å². The quantitative estimate of drug-likeness (QED) is 0.281. The fourth-order valence-electron chi connectivity index (χ4n) is 2.24. The van der Waals surface area contributed by atoms with Crippen LogP contribution in [0.15, 0.2) is 47.1 Å². The van der Waals surface area contributed by atoms with Crippen molar-refractivity contribution in [3.63, 3.8) is 0 Å². The number of aliphatic carboxylic acids is 1. The summed E-state index contributed by atoms with van der Waals surface area (Å²) in [5, 5.41) is 9.17. The van der Waals surface area contributed by atoms with Gasteiger partial charge >= 0.3 is 11.9 Å². The predicted molar refractivity (Wildman–Crippen MR) is 91.0 cm³/mol. The van der Waals surface area contributed by atoms with Gasteiger partial charge in [-0.2, -0.15) is 0 Å². The van der Waals surface area contributed by atoms with Crippen LogP contribution < -0.4 is 0 Å². The minimum Gasteiger partial charge on any atom is -0.478 e. The number of ether oxygens (including phenoxy) is 1. The van der Waals surface area contributed by atoms with Crippen LogP contribution in [0.1, 0.15) is 52.4 Å². The summed E-state index contributed by atoms with van der Waals surface area (Å²) >= 11 is 0. The maximum atomic E-state index is 11.2. The van der Waals surface area contributed by atoms with Crippen LogP contribution in [-0.4, -0.2) is 23.7 Å². The highest BCUT2D eigenvalue weighted by Crippen LogP contribution is 2.14. The first kappa shape index (κ1) is 18.9. The van der Waals surface area contributed by atoms with Crippen molar-refractivity contribution in [1.29, 1.82) is 0 Å². The summed E-state index contributed by atoms with van der Waals surface area (Å²) in [5.74, 6) is -1.04. The van der Waals surface area contributed by atoms with Gasteiger partial charge in [0.05, 0.1) is 0 Å². The van der Waals surface area contributed by atoms with Crippen molar-refractivity contribution in [2.24, 2.45) is 0 Å². The smallest absolute Gasteiger partial charge is 0.334 e. The van der Waals surface area contributed by atoms with Gasteiger partial charge in [0.15, 0.2) is 0 Å². The molecule has 0 spiro atoms. The summed E-state index contributed by atoms with van der Waals surface area (Å²) < 4.78 is 4.83. The molecule has 0 fully saturated rings. The molecule has 1 aliphatic heterocycles. The van der Waals surface area contributed by atoms with Crippen molar-refractivity contribution >= 4 is 11.9 Å². The zero-order valence-electron chi connectivity index (χ0n) is 14.0. The highest BCUT2D eigenvalue weighted by atomic mass is 16.5. The lowest BCUT2D eigenvalue weighted by Gasteiger charge is -2.00. The molecule has 0 aromatic heterocycles. The molecule has 23 heavy (non-hydrogen) atoms. The van der Waals surface area contributed by atoms with Gasteiger partial charge in [-0.3, -0.25) is 0 Å². The summed E-state index contributed by atoms with van der Waals surface area (Å²) in [5.41, 5.74) is 2.44. The van der Waals surface area contributed by atoms with Gasteiger partial charge in [-0.1, -0.05) is 29.9 Å². The van der Waals surface area contributed by atoms with Crippen molar-refractivity contribution in [2.75, 3.05) is 6.61 Å². The molecule has 1 aliphatic rings. The lowest BCUT2D eigenvalue weighted by Crippen LogP contribution is -2.00. The zero-order chi connectivity index (χ0) is 17.1. The molecular formula is C19H26O4. The number of esters is 1. The molecule has 0 saturated heterocycles. The second-order valence-electron chi connectivity index (χ2n) is 5.77. The summed E-state index contributed by atoms with van der Waals surface area (Å²) in [6, 6.07) is 0. The van der Waals surface area contributed by atoms with Gasteiger partial charge in [-0.05, 0) is 58.4 Å². The van der Waals surface area contributed by atoms with E-state index in [1.807, 2.05) is 38.2 Å². The third kappa shape index (κ3) is 8.19. The van der Waals surface area contributed by atoms with Crippen LogP contribution in [-0.2, 0) is 14.3 Å². The molecule has 1 N–H and O–H groups in total. The number of carbonyl (C=O) groups is 2. The first-order valence-electron chi connectivity index (χ1n) is 8.07. The number of carboxylic acid groups (broad SMARTS) is 1. The van der Waals surface area contributed by atoms with E-state index in [1.54, 1.807) is 0 Å². The number of rotatable bonds is 10. The molecule has 0 unspecified atom stereocenters. The van der Waals surface area contributed by atoms with E-state index in [0.717, 1.165) is 31.3 Å². The predicted octanol–water partition coefficient (Wildman–Crippen LogP) is 4.34. The molecule has 126 valence electrons. The van der Waals surface area contributed by atoms with Crippen LogP contribution in [0, 0.1) is 0 Å². The lowest BCUT2D eigenvalue weighted by molar-refractivity contribution is -0.136. The van der Waals surface area contributed by atoms with E-state index < -0.39 is 5.97 Å². The van der Waals surface area contributed by atoms with Crippen LogP contribution in [0.5, 0.6) is 0 Å². The minimum atomic E-state index is -0.831. The van der Waals surface area contributed by atoms with E-state index in [-0.39, 0.29) is 5.97 Å². The van der Waals surface area contributed by atoms with E-state index in [0.29, 0.717) is 25.0 Å². The molecular weight excluding hydrogens is 292 g/mol. The number of carbonyl (C=O) groups excluding carboxylic acids is 1. The van der Waals surface area contributed by atoms with Crippen LogP contribution >= 0.6 is 0 Å². The Hall–Kier alpha value is -2.10. The SMILES string of the molecule is CC(C)=CCC/C(=C/CC/C=C/CCC1=CCOC1=O)C(=O)O. The number of hydrogen-bond acceptors (Lipinski definition) is 3. The summed E-state index contributed by atoms with van der Waals surface area (Å²) in [7, 11) is 0. The van der Waals surface area contributed by atoms with Gasteiger partial charge in [-0.15, -0.1) is 0 Å². The number of hydrogen-bond donors (Lipinski definition) is 1. The van der Waals surface area contributed by atoms with Gasteiger partial charge in [0, 0.05) is 11.1 Å². The Bertz CT molecular complexity index is 532. The molecule has 0 atom stereocenters. The largest absolute Gasteiger partial charge is 0.478 e. The number of carboxylic acids is 1. The van der Waals surface area contributed by atoms with Crippen LogP contribution in [0.25, 0.3) is 0 Å². The van der Waals surface area contributed by atoms with Crippen molar-refractivity contribution in [3.8, 4) is 0 Å². The van der Waals surface area contributed by atoms with Crippen molar-refractivity contribution in [3.05, 3.63) is 47.1 Å². The molecule has 0 bridgehead atoms. The normalized spacial score (nSPS) is 14.8. The van der Waals surface area contributed by atoms with E-state index >= 15 is 0 Å². The molecule has 1 rings (SSSR count). The Labute approximate surface area is 138 Å². The molecule has 0 aromatic carbocycles. The third-order valence-electron chi connectivity index (χ3n) is 3.52. The van der Waals surface area contributed by atoms with Gasteiger partial charge in [0.1, 0.15) is 6.61 Å². The molecule has 4 heteroatoms. The summed E-state index contributed by atoms with van der Waals surface area (Å²) in [6.45, 7) is 4.42. The first-order chi connectivity index (χ1) is 11.0. The highest BCUT2D eigenvalue weighted by molar-refractivity contribution is 5.90. The fourth-order valence-corrected chi connectivity index (χ4v) is 2.24. The first-order valence-corrected chi connectivity index (χ1v) is 8.07. The standard InChI is InChI=1S/C19H26O4/c1-15(2)9-8-12-16(18(20)21)10-6-4-3-5-7-11-17-13-14-23-19(17)22/h3,5,9-10,13H,4,6-8,11-12,14H2,1-2H3,(H,20,21)/b5-3+,16-10-. The van der Waals surface area contributed by atoms with E-state index in [4.69, 9.17) is 9.84 Å². The van der Waals surface area contributed by atoms with Crippen LogP contribution in [0.3, 0.4) is 0 Å². The van der Waals surface area contributed by atoms with E-state index in [2.05, 4.69) is 6.08 Å². The third-order valence-corrected chi connectivity index (χ3v) is 3.52. The van der Waals surface area contributed by atoms with Gasteiger partial charge in [0.2, 0.25) is 0 Å². The van der Waals surface area contributed by atoms with E-state index in [9.17, 15) is 9.59 Å². The number of unbranched alkanes of at least 4 members (excludes halogenated alkanes) is 1. The maximum Gasteiger partial charge on any atom is 0.334 e. The van der Waals surface area contributed by atoms with Gasteiger partial charge in [0.25, 0.3) is 0 Å². The average Bonchev–Trinajstić information content (AvgIpc) is 2.89.